The average Bonchev–Trinajstić information content (AvgIpc) is 3.45. The van der Waals surface area contributed by atoms with Crippen LogP contribution in [0.5, 0.6) is 11.5 Å². The Hall–Kier alpha value is -8.27. The van der Waals surface area contributed by atoms with Crippen molar-refractivity contribution in [1.29, 1.82) is 5.26 Å². The SMILES string of the molecule is CCCCCCCc1ccc(C(=O)Oc2ccc(C#N)cc2)cc1.CCCCCc1ccc(-c2ccc(C#Cc3ccc(OC(F)(F)F)cc3)cc2)cc1.CCCc1ccc(-c2ccc(-c3ccc(F)c(F)c3)cc2)cc1. The van der Waals surface area contributed by atoms with Crippen molar-refractivity contribution in [3.63, 3.8) is 0 Å². The molecule has 0 heterocycles. The quantitative estimate of drug-likeness (QED) is 0.0282. The predicted octanol–water partition coefficient (Wildman–Crippen LogP) is 18.9. The lowest BCUT2D eigenvalue weighted by atomic mass is 9.99. The van der Waals surface area contributed by atoms with Crippen LogP contribution in [0.2, 0.25) is 0 Å². The number of hydrogen-bond acceptors (Lipinski definition) is 4. The second-order valence-corrected chi connectivity index (χ2v) is 18.6. The maximum absolute atomic E-state index is 13.3. The minimum Gasteiger partial charge on any atom is -0.423 e. The number of rotatable bonds is 18. The minimum absolute atomic E-state index is 0.256. The summed E-state index contributed by atoms with van der Waals surface area (Å²) in [6.45, 7) is 6.60. The molecule has 8 rings (SSSR count). The van der Waals surface area contributed by atoms with E-state index in [4.69, 9.17) is 10.00 Å². The van der Waals surface area contributed by atoms with Gasteiger partial charge in [0.25, 0.3) is 0 Å². The van der Waals surface area contributed by atoms with Gasteiger partial charge in [-0.3, -0.25) is 0 Å². The highest BCUT2D eigenvalue weighted by Crippen LogP contribution is 2.28. The van der Waals surface area contributed by atoms with E-state index in [1.807, 2.05) is 78.9 Å². The summed E-state index contributed by atoms with van der Waals surface area (Å²) in [5.41, 5.74) is 12.6. The molecule has 0 N–H and O–H groups in total. The Bertz CT molecular complexity index is 3150. The molecule has 0 fully saturated rings. The van der Waals surface area contributed by atoms with Crippen molar-refractivity contribution in [3.05, 3.63) is 239 Å². The topological polar surface area (TPSA) is 59.3 Å². The van der Waals surface area contributed by atoms with Gasteiger partial charge in [0.1, 0.15) is 11.5 Å². The smallest absolute Gasteiger partial charge is 0.423 e. The Balaban J connectivity index is 0.000000189. The maximum atomic E-state index is 13.3. The number of carbonyl (C=O) groups excluding carboxylic acids is 1. The van der Waals surface area contributed by atoms with Gasteiger partial charge >= 0.3 is 12.3 Å². The van der Waals surface area contributed by atoms with E-state index >= 15 is 0 Å². The Morgan fingerprint density at radius 3 is 1.30 bits per heavy atom. The number of benzene rings is 8. The van der Waals surface area contributed by atoms with Gasteiger partial charge in [0.05, 0.1) is 17.2 Å². The van der Waals surface area contributed by atoms with Crippen molar-refractivity contribution in [2.24, 2.45) is 0 Å². The first-order chi connectivity index (χ1) is 37.3. The Kier molecular flexibility index (Phi) is 22.8. The fraction of sp³-hybridized carbons (Fsp3) is 0.235. The zero-order valence-electron chi connectivity index (χ0n) is 43.9. The fourth-order valence-corrected chi connectivity index (χ4v) is 8.26. The number of alkyl halides is 3. The molecule has 8 aromatic rings. The zero-order chi connectivity index (χ0) is 54.8. The molecular weight excluding hydrogens is 974 g/mol. The van der Waals surface area contributed by atoms with Crippen LogP contribution in [0.15, 0.2) is 188 Å². The molecule has 394 valence electrons. The second-order valence-electron chi connectivity index (χ2n) is 18.6. The molecule has 0 aliphatic rings. The van der Waals surface area contributed by atoms with Gasteiger partial charge in [0.15, 0.2) is 11.6 Å². The lowest BCUT2D eigenvalue weighted by molar-refractivity contribution is -0.274. The van der Waals surface area contributed by atoms with E-state index in [0.717, 1.165) is 65.1 Å². The van der Waals surface area contributed by atoms with Gasteiger partial charge in [-0.15, -0.1) is 13.2 Å². The molecule has 0 unspecified atom stereocenters. The minimum atomic E-state index is -4.69. The van der Waals surface area contributed by atoms with Gasteiger partial charge in [-0.25, -0.2) is 13.6 Å². The van der Waals surface area contributed by atoms with E-state index in [1.54, 1.807) is 30.3 Å². The number of aryl methyl sites for hydroxylation is 3. The van der Waals surface area contributed by atoms with Crippen LogP contribution in [0.25, 0.3) is 33.4 Å². The summed E-state index contributed by atoms with van der Waals surface area (Å²) >= 11 is 0. The van der Waals surface area contributed by atoms with Crippen molar-refractivity contribution in [2.75, 3.05) is 0 Å². The van der Waals surface area contributed by atoms with Crippen LogP contribution in [-0.4, -0.2) is 12.3 Å². The average molecular weight is 1040 g/mol. The predicted molar refractivity (Wildman–Crippen MR) is 300 cm³/mol. The van der Waals surface area contributed by atoms with Gasteiger partial charge in [0, 0.05) is 11.1 Å². The molecule has 0 aromatic heterocycles. The first-order valence-corrected chi connectivity index (χ1v) is 26.4. The third-order valence-corrected chi connectivity index (χ3v) is 12.6. The third-order valence-electron chi connectivity index (χ3n) is 12.6. The molecule has 0 bridgehead atoms. The van der Waals surface area contributed by atoms with Crippen LogP contribution in [0.3, 0.4) is 0 Å². The van der Waals surface area contributed by atoms with E-state index in [1.165, 1.54) is 98.4 Å². The fourth-order valence-electron chi connectivity index (χ4n) is 8.26. The first-order valence-electron chi connectivity index (χ1n) is 26.4. The number of esters is 1. The van der Waals surface area contributed by atoms with Crippen molar-refractivity contribution in [3.8, 4) is 62.8 Å². The molecule has 0 atom stereocenters. The lowest BCUT2D eigenvalue weighted by Gasteiger charge is -2.08. The monoisotopic (exact) mass is 1040 g/mol. The summed E-state index contributed by atoms with van der Waals surface area (Å²) in [5, 5.41) is 8.76. The molecule has 0 aliphatic heterocycles. The highest BCUT2D eigenvalue weighted by atomic mass is 19.4. The van der Waals surface area contributed by atoms with Crippen LogP contribution in [0, 0.1) is 34.8 Å². The summed E-state index contributed by atoms with van der Waals surface area (Å²) in [6, 6.07) is 58.7. The van der Waals surface area contributed by atoms with E-state index in [2.05, 4.69) is 85.9 Å². The number of halogens is 5. The molecule has 0 saturated heterocycles. The third kappa shape index (κ3) is 19.7. The highest BCUT2D eigenvalue weighted by molar-refractivity contribution is 5.91. The number of unbranched alkanes of at least 4 members (excludes halogenated alkanes) is 6. The van der Waals surface area contributed by atoms with Gasteiger partial charge in [-0.1, -0.05) is 181 Å². The van der Waals surface area contributed by atoms with Crippen molar-refractivity contribution < 1.29 is 36.2 Å². The van der Waals surface area contributed by atoms with Gasteiger partial charge in [0.2, 0.25) is 0 Å². The van der Waals surface area contributed by atoms with Crippen molar-refractivity contribution >= 4 is 5.97 Å². The van der Waals surface area contributed by atoms with Crippen molar-refractivity contribution in [1.82, 2.24) is 0 Å². The molecule has 0 aliphatic carbocycles. The summed E-state index contributed by atoms with van der Waals surface area (Å²) in [7, 11) is 0. The number of hydrogen-bond donors (Lipinski definition) is 0. The van der Waals surface area contributed by atoms with Gasteiger partial charge < -0.3 is 9.47 Å². The largest absolute Gasteiger partial charge is 0.573 e. The standard InChI is InChI=1S/C26H23F3O.C21H18F2.C21H23NO2/c1-2-3-4-5-20-8-14-23(15-9-20)24-16-10-21(11-17-24)6-7-22-12-18-25(19-13-22)30-26(27,28)29;1-2-3-15-4-6-16(7-5-15)17-8-10-18(11-9-17)19-12-13-20(22)21(23)14-19;1-2-3-4-5-6-7-17-8-12-19(13-9-17)21(23)24-20-14-10-18(16-22)11-15-20/h8-19H,2-5H2,1H3;4-14H,2-3H2,1H3;8-15H,2-7H2,1H3. The van der Waals surface area contributed by atoms with Gasteiger partial charge in [-0.05, 0) is 167 Å². The van der Waals surface area contributed by atoms with E-state index in [0.29, 0.717) is 28.0 Å². The number of ether oxygens (including phenoxy) is 2. The summed E-state index contributed by atoms with van der Waals surface area (Å²) in [5.74, 6) is 4.15. The van der Waals surface area contributed by atoms with Crippen molar-refractivity contribution in [2.45, 2.75) is 104 Å². The van der Waals surface area contributed by atoms with Crippen LogP contribution in [-0.2, 0) is 19.3 Å². The van der Waals surface area contributed by atoms with E-state index < -0.39 is 18.0 Å². The molecule has 0 saturated carbocycles. The molecular formula is C68H64F5NO3. The normalized spacial score (nSPS) is 10.6. The summed E-state index contributed by atoms with van der Waals surface area (Å²) in [4.78, 5) is 12.1. The number of nitriles is 1. The van der Waals surface area contributed by atoms with Crippen LogP contribution in [0.4, 0.5) is 22.0 Å². The Labute approximate surface area is 451 Å². The van der Waals surface area contributed by atoms with Crippen LogP contribution >= 0.6 is 0 Å². The van der Waals surface area contributed by atoms with E-state index in [-0.39, 0.29) is 11.7 Å². The molecule has 0 amide bonds. The lowest BCUT2D eigenvalue weighted by Crippen LogP contribution is -2.16. The molecule has 0 spiro atoms. The first kappa shape index (κ1) is 58.0. The maximum Gasteiger partial charge on any atom is 0.573 e. The molecule has 0 radical (unpaired) electrons. The molecule has 4 nitrogen and oxygen atoms in total. The summed E-state index contributed by atoms with van der Waals surface area (Å²) < 4.78 is 72.1. The Morgan fingerprint density at radius 1 is 0.429 bits per heavy atom. The summed E-state index contributed by atoms with van der Waals surface area (Å²) in [6.07, 6.45) is 9.73. The molecule has 8 aromatic carbocycles. The second kappa shape index (κ2) is 30.3. The van der Waals surface area contributed by atoms with Crippen LogP contribution < -0.4 is 9.47 Å². The molecule has 77 heavy (non-hydrogen) atoms. The van der Waals surface area contributed by atoms with Crippen LogP contribution in [0.1, 0.15) is 122 Å². The number of nitrogens with zero attached hydrogens (tertiary/aromatic N) is 1. The molecule has 9 heteroatoms. The number of carbonyl (C=O) groups is 1. The highest BCUT2D eigenvalue weighted by Gasteiger charge is 2.31. The van der Waals surface area contributed by atoms with E-state index in [9.17, 15) is 26.7 Å². The zero-order valence-corrected chi connectivity index (χ0v) is 43.9. The Morgan fingerprint density at radius 2 is 0.818 bits per heavy atom. The van der Waals surface area contributed by atoms with Gasteiger partial charge in [-0.2, -0.15) is 5.26 Å².